The number of sulfonamides is 1. The number of anilines is 1. The molecule has 0 spiro atoms. The second kappa shape index (κ2) is 8.85. The molecule has 0 bridgehead atoms. The average molecular weight is 506 g/mol. The summed E-state index contributed by atoms with van der Waals surface area (Å²) < 4.78 is 28.4. The fourth-order valence-electron chi connectivity index (χ4n) is 2.51. The predicted molar refractivity (Wildman–Crippen MR) is 119 cm³/mol. The van der Waals surface area contributed by atoms with Crippen LogP contribution in [0, 0.1) is 10.5 Å². The minimum atomic E-state index is -3.63. The van der Waals surface area contributed by atoms with Gasteiger partial charge in [0.25, 0.3) is 5.91 Å². The number of amides is 1. The van der Waals surface area contributed by atoms with Crippen LogP contribution in [-0.4, -0.2) is 14.3 Å². The van der Waals surface area contributed by atoms with Gasteiger partial charge in [0.2, 0.25) is 10.0 Å². The van der Waals surface area contributed by atoms with E-state index in [1.807, 2.05) is 49.4 Å². The number of nitrogens with one attached hydrogen (secondary N) is 2. The number of benzene rings is 3. The van der Waals surface area contributed by atoms with Crippen molar-refractivity contribution < 1.29 is 13.2 Å². The van der Waals surface area contributed by atoms with Crippen molar-refractivity contribution in [3.8, 4) is 0 Å². The summed E-state index contributed by atoms with van der Waals surface area (Å²) in [6.45, 7) is 2.20. The van der Waals surface area contributed by atoms with E-state index >= 15 is 0 Å². The Bertz CT molecular complexity index is 1080. The molecule has 2 N–H and O–H groups in total. The molecular weight excluding hydrogens is 487 g/mol. The van der Waals surface area contributed by atoms with Crippen molar-refractivity contribution in [1.82, 2.24) is 4.72 Å². The van der Waals surface area contributed by atoms with Gasteiger partial charge in [-0.3, -0.25) is 4.79 Å². The Kier molecular flexibility index (Phi) is 6.48. The molecule has 1 amide bonds. The predicted octanol–water partition coefficient (Wildman–Crippen LogP) is 4.33. The summed E-state index contributed by atoms with van der Waals surface area (Å²) in [6, 6.07) is 20.9. The molecule has 0 unspecified atom stereocenters. The molecule has 0 aliphatic rings. The molecule has 3 aromatic rings. The first-order chi connectivity index (χ1) is 13.3. The van der Waals surface area contributed by atoms with E-state index in [4.69, 9.17) is 0 Å². The van der Waals surface area contributed by atoms with E-state index in [2.05, 4.69) is 32.6 Å². The Morgan fingerprint density at radius 3 is 2.29 bits per heavy atom. The summed E-state index contributed by atoms with van der Waals surface area (Å²) in [5.41, 5.74) is 3.07. The highest BCUT2D eigenvalue weighted by Gasteiger charge is 2.14. The number of hydrogen-bond donors (Lipinski definition) is 2. The standard InChI is InChI=1S/C21H19IN2O3S/c1-15-7-8-17(13-20(15)22)21(25)24-18-9-11-19(12-10-18)28(26,27)23-14-16-5-3-2-4-6-16/h2-13,23H,14H2,1H3,(H,24,25). The van der Waals surface area contributed by atoms with Crippen LogP contribution >= 0.6 is 22.6 Å². The smallest absolute Gasteiger partial charge is 0.255 e. The molecule has 0 aromatic heterocycles. The molecule has 0 radical (unpaired) electrons. The minimum Gasteiger partial charge on any atom is -0.322 e. The Labute approximate surface area is 178 Å². The van der Waals surface area contributed by atoms with Crippen LogP contribution in [0.3, 0.4) is 0 Å². The fraction of sp³-hybridized carbons (Fsp3) is 0.0952. The largest absolute Gasteiger partial charge is 0.322 e. The van der Waals surface area contributed by atoms with E-state index in [0.29, 0.717) is 11.3 Å². The van der Waals surface area contributed by atoms with Crippen LogP contribution in [0.15, 0.2) is 77.7 Å². The number of aryl methyl sites for hydroxylation is 1. The van der Waals surface area contributed by atoms with Gasteiger partial charge < -0.3 is 5.32 Å². The second-order valence-corrected chi connectivity index (χ2v) is 9.18. The fourth-order valence-corrected chi connectivity index (χ4v) is 4.05. The molecule has 0 fully saturated rings. The summed E-state index contributed by atoms with van der Waals surface area (Å²) in [6.07, 6.45) is 0. The van der Waals surface area contributed by atoms with E-state index in [1.165, 1.54) is 12.1 Å². The van der Waals surface area contributed by atoms with Gasteiger partial charge in [0.15, 0.2) is 0 Å². The van der Waals surface area contributed by atoms with Gasteiger partial charge in [-0.2, -0.15) is 0 Å². The van der Waals surface area contributed by atoms with E-state index in [9.17, 15) is 13.2 Å². The van der Waals surface area contributed by atoms with E-state index < -0.39 is 10.0 Å². The minimum absolute atomic E-state index is 0.145. The summed E-state index contributed by atoms with van der Waals surface area (Å²) >= 11 is 2.19. The van der Waals surface area contributed by atoms with Crippen LogP contribution in [0.2, 0.25) is 0 Å². The zero-order valence-corrected chi connectivity index (χ0v) is 18.1. The van der Waals surface area contributed by atoms with Crippen molar-refractivity contribution in [1.29, 1.82) is 0 Å². The molecule has 0 atom stereocenters. The maximum Gasteiger partial charge on any atom is 0.255 e. The van der Waals surface area contributed by atoms with Crippen molar-refractivity contribution in [2.24, 2.45) is 0 Å². The van der Waals surface area contributed by atoms with E-state index in [-0.39, 0.29) is 17.3 Å². The maximum absolute atomic E-state index is 12.4. The van der Waals surface area contributed by atoms with Crippen molar-refractivity contribution >= 4 is 44.2 Å². The van der Waals surface area contributed by atoms with Gasteiger partial charge in [-0.25, -0.2) is 13.1 Å². The quantitative estimate of drug-likeness (QED) is 0.489. The van der Waals surface area contributed by atoms with E-state index in [0.717, 1.165) is 14.7 Å². The van der Waals surface area contributed by atoms with Gasteiger partial charge in [0.1, 0.15) is 0 Å². The van der Waals surface area contributed by atoms with Crippen molar-refractivity contribution in [2.75, 3.05) is 5.32 Å². The topological polar surface area (TPSA) is 75.3 Å². The first-order valence-corrected chi connectivity index (χ1v) is 11.1. The lowest BCUT2D eigenvalue weighted by Gasteiger charge is -2.09. The van der Waals surface area contributed by atoms with Crippen LogP contribution in [0.4, 0.5) is 5.69 Å². The summed E-state index contributed by atoms with van der Waals surface area (Å²) in [5.74, 6) is -0.240. The lowest BCUT2D eigenvalue weighted by atomic mass is 10.1. The number of rotatable bonds is 6. The summed E-state index contributed by atoms with van der Waals surface area (Å²) in [5, 5.41) is 2.78. The van der Waals surface area contributed by atoms with Crippen molar-refractivity contribution in [3.05, 3.63) is 93.1 Å². The number of carbonyl (C=O) groups excluding carboxylic acids is 1. The molecule has 0 saturated carbocycles. The first-order valence-electron chi connectivity index (χ1n) is 8.56. The van der Waals surface area contributed by atoms with E-state index in [1.54, 1.807) is 18.2 Å². The average Bonchev–Trinajstić information content (AvgIpc) is 2.70. The van der Waals surface area contributed by atoms with Gasteiger partial charge >= 0.3 is 0 Å². The molecule has 3 aromatic carbocycles. The monoisotopic (exact) mass is 506 g/mol. The van der Waals surface area contributed by atoms with Gasteiger partial charge in [0.05, 0.1) is 4.90 Å². The van der Waals surface area contributed by atoms with Gasteiger partial charge in [-0.15, -0.1) is 0 Å². The number of halogens is 1. The van der Waals surface area contributed by atoms with Gasteiger partial charge in [-0.1, -0.05) is 36.4 Å². The Morgan fingerprint density at radius 2 is 1.64 bits per heavy atom. The highest BCUT2D eigenvalue weighted by molar-refractivity contribution is 14.1. The molecule has 3 rings (SSSR count). The van der Waals surface area contributed by atoms with Crippen molar-refractivity contribution in [2.45, 2.75) is 18.4 Å². The lowest BCUT2D eigenvalue weighted by molar-refractivity contribution is 0.102. The third-order valence-electron chi connectivity index (χ3n) is 4.17. The zero-order valence-electron chi connectivity index (χ0n) is 15.1. The highest BCUT2D eigenvalue weighted by Crippen LogP contribution is 2.17. The molecule has 0 heterocycles. The zero-order chi connectivity index (χ0) is 20.1. The van der Waals surface area contributed by atoms with Gasteiger partial charge in [0, 0.05) is 21.4 Å². The first kappa shape index (κ1) is 20.5. The molecule has 0 aliphatic carbocycles. The van der Waals surface area contributed by atoms with Crippen molar-refractivity contribution in [3.63, 3.8) is 0 Å². The number of carbonyl (C=O) groups is 1. The Morgan fingerprint density at radius 1 is 0.964 bits per heavy atom. The Balaban J connectivity index is 1.66. The highest BCUT2D eigenvalue weighted by atomic mass is 127. The van der Waals surface area contributed by atoms with Crippen LogP contribution < -0.4 is 10.0 Å². The van der Waals surface area contributed by atoms with Crippen LogP contribution in [-0.2, 0) is 16.6 Å². The molecule has 144 valence electrons. The summed E-state index contributed by atoms with van der Waals surface area (Å²) in [4.78, 5) is 12.5. The molecule has 0 saturated heterocycles. The Hall–Kier alpha value is -2.23. The molecule has 5 nitrogen and oxygen atoms in total. The molecule has 7 heteroatoms. The third kappa shape index (κ3) is 5.18. The molecular formula is C21H19IN2O3S. The SMILES string of the molecule is Cc1ccc(C(=O)Nc2ccc(S(=O)(=O)NCc3ccccc3)cc2)cc1I. The molecule has 28 heavy (non-hydrogen) atoms. The van der Waals surface area contributed by atoms with Crippen LogP contribution in [0.25, 0.3) is 0 Å². The van der Waals surface area contributed by atoms with Gasteiger partial charge in [-0.05, 0) is 77.0 Å². The second-order valence-electron chi connectivity index (χ2n) is 6.25. The molecule has 0 aliphatic heterocycles. The van der Waals surface area contributed by atoms with Crippen LogP contribution in [0.1, 0.15) is 21.5 Å². The third-order valence-corrected chi connectivity index (χ3v) is 6.74. The number of hydrogen-bond acceptors (Lipinski definition) is 3. The summed E-state index contributed by atoms with van der Waals surface area (Å²) in [7, 11) is -3.63. The lowest BCUT2D eigenvalue weighted by Crippen LogP contribution is -2.23. The maximum atomic E-state index is 12.4. The normalized spacial score (nSPS) is 11.2. The van der Waals surface area contributed by atoms with Crippen LogP contribution in [0.5, 0.6) is 0 Å².